The van der Waals surface area contributed by atoms with Gasteiger partial charge < -0.3 is 15.5 Å². The van der Waals surface area contributed by atoms with E-state index in [1.54, 1.807) is 12.1 Å². The Morgan fingerprint density at radius 2 is 1.62 bits per heavy atom. The molecule has 0 bridgehead atoms. The van der Waals surface area contributed by atoms with Gasteiger partial charge in [0.1, 0.15) is 0 Å². The second kappa shape index (κ2) is 10.8. The molecule has 2 N–H and O–H groups in total. The van der Waals surface area contributed by atoms with Crippen LogP contribution < -0.4 is 10.6 Å². The molecule has 0 fully saturated rings. The van der Waals surface area contributed by atoms with Gasteiger partial charge in [-0.2, -0.15) is 0 Å². The lowest BCUT2D eigenvalue weighted by Crippen LogP contribution is -2.13. The van der Waals surface area contributed by atoms with Gasteiger partial charge in [-0.1, -0.05) is 54.1 Å². The molecule has 7 heteroatoms. The fraction of sp³-hybridized carbons (Fsp3) is 0.100. The molecule has 1 amide bonds. The zero-order valence-electron chi connectivity index (χ0n) is 20.6. The zero-order valence-corrected chi connectivity index (χ0v) is 21.3. The van der Waals surface area contributed by atoms with Gasteiger partial charge in [0, 0.05) is 39.5 Å². The molecule has 0 saturated heterocycles. The van der Waals surface area contributed by atoms with Gasteiger partial charge in [-0.25, -0.2) is 9.97 Å². The highest BCUT2D eigenvalue weighted by atomic mass is 35.5. The van der Waals surface area contributed by atoms with Crippen LogP contribution >= 0.6 is 11.6 Å². The summed E-state index contributed by atoms with van der Waals surface area (Å²) >= 11 is 6.26. The number of anilines is 3. The quantitative estimate of drug-likeness (QED) is 0.248. The first-order valence-corrected chi connectivity index (χ1v) is 12.3. The predicted octanol–water partition coefficient (Wildman–Crippen LogP) is 7.01. The third-order valence-corrected chi connectivity index (χ3v) is 6.03. The largest absolute Gasteiger partial charge is 0.324 e. The minimum absolute atomic E-state index is 0.168. The lowest BCUT2D eigenvalue weighted by Gasteiger charge is -2.12. The Labute approximate surface area is 221 Å². The molecule has 0 aliphatic heterocycles. The standard InChI is InChI=1S/C30H26ClN5O/c1-36(2)19-20-7-6-10-25(17-20)32-29(37)22-11-14-24(15-12-22)33-30-34-27-16-13-23(31)18-26(27)28(35-30)21-8-4-3-5-9-21/h3-18H,19H2,1-2H3,(H,32,37)(H,33,34,35). The second-order valence-corrected chi connectivity index (χ2v) is 9.45. The molecular weight excluding hydrogens is 482 g/mol. The average molecular weight is 508 g/mol. The molecule has 0 aliphatic rings. The minimum atomic E-state index is -0.168. The van der Waals surface area contributed by atoms with E-state index in [0.29, 0.717) is 16.5 Å². The summed E-state index contributed by atoms with van der Waals surface area (Å²) in [6.07, 6.45) is 0. The summed E-state index contributed by atoms with van der Waals surface area (Å²) in [7, 11) is 4.03. The smallest absolute Gasteiger partial charge is 0.255 e. The van der Waals surface area contributed by atoms with Crippen LogP contribution in [-0.4, -0.2) is 34.9 Å². The van der Waals surface area contributed by atoms with Crippen molar-refractivity contribution in [3.8, 4) is 11.3 Å². The summed E-state index contributed by atoms with van der Waals surface area (Å²) < 4.78 is 0. The highest BCUT2D eigenvalue weighted by Gasteiger charge is 2.12. The van der Waals surface area contributed by atoms with Crippen LogP contribution in [0, 0.1) is 0 Å². The third kappa shape index (κ3) is 5.94. The minimum Gasteiger partial charge on any atom is -0.324 e. The van der Waals surface area contributed by atoms with Crippen LogP contribution in [-0.2, 0) is 6.54 Å². The van der Waals surface area contributed by atoms with Crippen molar-refractivity contribution in [1.82, 2.24) is 14.9 Å². The fourth-order valence-corrected chi connectivity index (χ4v) is 4.29. The number of benzene rings is 4. The van der Waals surface area contributed by atoms with Crippen LogP contribution in [0.15, 0.2) is 97.1 Å². The summed E-state index contributed by atoms with van der Waals surface area (Å²) in [6, 6.07) is 30.6. The van der Waals surface area contributed by atoms with Crippen molar-refractivity contribution >= 4 is 45.7 Å². The molecule has 0 saturated carbocycles. The number of nitrogens with one attached hydrogen (secondary N) is 2. The molecule has 37 heavy (non-hydrogen) atoms. The number of hydrogen-bond acceptors (Lipinski definition) is 5. The first-order chi connectivity index (χ1) is 17.9. The number of carbonyl (C=O) groups is 1. The summed E-state index contributed by atoms with van der Waals surface area (Å²) in [5.74, 6) is 0.294. The maximum Gasteiger partial charge on any atom is 0.255 e. The van der Waals surface area contributed by atoms with Crippen molar-refractivity contribution in [2.75, 3.05) is 24.7 Å². The first-order valence-electron chi connectivity index (χ1n) is 11.9. The number of halogens is 1. The molecular formula is C30H26ClN5O. The van der Waals surface area contributed by atoms with E-state index in [9.17, 15) is 4.79 Å². The molecule has 5 aromatic rings. The molecule has 6 nitrogen and oxygen atoms in total. The maximum atomic E-state index is 12.8. The van der Waals surface area contributed by atoms with Gasteiger partial charge in [-0.05, 0) is 74.3 Å². The van der Waals surface area contributed by atoms with Gasteiger partial charge in [0.2, 0.25) is 5.95 Å². The molecule has 0 unspecified atom stereocenters. The lowest BCUT2D eigenvalue weighted by atomic mass is 10.1. The van der Waals surface area contributed by atoms with Crippen molar-refractivity contribution in [3.05, 3.63) is 113 Å². The van der Waals surface area contributed by atoms with Gasteiger partial charge in [0.15, 0.2) is 0 Å². The van der Waals surface area contributed by atoms with Crippen LogP contribution in [0.1, 0.15) is 15.9 Å². The Balaban J connectivity index is 1.36. The van der Waals surface area contributed by atoms with E-state index in [-0.39, 0.29) is 5.91 Å². The van der Waals surface area contributed by atoms with Gasteiger partial charge in [0.05, 0.1) is 11.2 Å². The van der Waals surface area contributed by atoms with E-state index >= 15 is 0 Å². The Morgan fingerprint density at radius 1 is 0.838 bits per heavy atom. The monoisotopic (exact) mass is 507 g/mol. The number of fused-ring (bicyclic) bond motifs is 1. The molecule has 4 aromatic carbocycles. The summed E-state index contributed by atoms with van der Waals surface area (Å²) in [4.78, 5) is 24.4. The Bertz CT molecular complexity index is 1550. The van der Waals surface area contributed by atoms with Gasteiger partial charge in [-0.15, -0.1) is 0 Å². The highest BCUT2D eigenvalue weighted by molar-refractivity contribution is 6.31. The van der Waals surface area contributed by atoms with E-state index in [2.05, 4.69) is 20.5 Å². The van der Waals surface area contributed by atoms with Gasteiger partial charge in [-0.3, -0.25) is 4.79 Å². The van der Waals surface area contributed by atoms with E-state index in [1.165, 1.54) is 0 Å². The molecule has 1 heterocycles. The summed E-state index contributed by atoms with van der Waals surface area (Å²) in [5.41, 5.74) is 5.79. The van der Waals surface area contributed by atoms with Crippen molar-refractivity contribution in [3.63, 3.8) is 0 Å². The molecule has 1 aromatic heterocycles. The first kappa shape index (κ1) is 24.4. The predicted molar refractivity (Wildman–Crippen MR) is 151 cm³/mol. The zero-order chi connectivity index (χ0) is 25.8. The van der Waals surface area contributed by atoms with Crippen molar-refractivity contribution in [1.29, 1.82) is 0 Å². The number of carbonyl (C=O) groups excluding carboxylic acids is 1. The van der Waals surface area contributed by atoms with Crippen molar-refractivity contribution < 1.29 is 4.79 Å². The lowest BCUT2D eigenvalue weighted by molar-refractivity contribution is 0.102. The summed E-state index contributed by atoms with van der Waals surface area (Å²) in [5, 5.41) is 7.76. The molecule has 0 radical (unpaired) electrons. The van der Waals surface area contributed by atoms with Crippen molar-refractivity contribution in [2.24, 2.45) is 0 Å². The van der Waals surface area contributed by atoms with Crippen LogP contribution in [0.3, 0.4) is 0 Å². The molecule has 0 aliphatic carbocycles. The number of hydrogen-bond donors (Lipinski definition) is 2. The number of nitrogens with zero attached hydrogens (tertiary/aromatic N) is 3. The van der Waals surface area contributed by atoms with Crippen LogP contribution in [0.5, 0.6) is 0 Å². The Hall–Kier alpha value is -4.26. The molecule has 5 rings (SSSR count). The number of amides is 1. The normalized spacial score (nSPS) is 11.0. The Morgan fingerprint density at radius 3 is 2.38 bits per heavy atom. The molecule has 0 atom stereocenters. The van der Waals surface area contributed by atoms with Crippen LogP contribution in [0.4, 0.5) is 17.3 Å². The number of rotatable bonds is 7. The number of aromatic nitrogens is 2. The molecule has 0 spiro atoms. The summed E-state index contributed by atoms with van der Waals surface area (Å²) in [6.45, 7) is 0.806. The van der Waals surface area contributed by atoms with Crippen molar-refractivity contribution in [2.45, 2.75) is 6.54 Å². The fourth-order valence-electron chi connectivity index (χ4n) is 4.12. The topological polar surface area (TPSA) is 70.2 Å². The maximum absolute atomic E-state index is 12.8. The van der Waals surface area contributed by atoms with E-state index in [0.717, 1.165) is 45.6 Å². The van der Waals surface area contributed by atoms with E-state index in [4.69, 9.17) is 16.6 Å². The highest BCUT2D eigenvalue weighted by Crippen LogP contribution is 2.30. The average Bonchev–Trinajstić information content (AvgIpc) is 2.89. The molecule has 184 valence electrons. The third-order valence-electron chi connectivity index (χ3n) is 5.79. The van der Waals surface area contributed by atoms with E-state index in [1.807, 2.05) is 99.0 Å². The van der Waals surface area contributed by atoms with Gasteiger partial charge >= 0.3 is 0 Å². The van der Waals surface area contributed by atoms with E-state index < -0.39 is 0 Å². The van der Waals surface area contributed by atoms with Gasteiger partial charge in [0.25, 0.3) is 5.91 Å². The SMILES string of the molecule is CN(C)Cc1cccc(NC(=O)c2ccc(Nc3nc(-c4ccccc4)c4cc(Cl)ccc4n3)cc2)c1. The van der Waals surface area contributed by atoms with Crippen LogP contribution in [0.2, 0.25) is 5.02 Å². The van der Waals surface area contributed by atoms with Crippen LogP contribution in [0.25, 0.3) is 22.2 Å². The second-order valence-electron chi connectivity index (χ2n) is 9.02. The Kier molecular flexibility index (Phi) is 7.12.